The number of nitrogens with zero attached hydrogens (tertiary/aromatic N) is 3. The van der Waals surface area contributed by atoms with Gasteiger partial charge in [-0.2, -0.15) is 0 Å². The van der Waals surface area contributed by atoms with E-state index in [4.69, 9.17) is 17.3 Å². The van der Waals surface area contributed by atoms with E-state index in [1.165, 1.54) is 0 Å². The van der Waals surface area contributed by atoms with Gasteiger partial charge in [0.25, 0.3) is 0 Å². The zero-order valence-electron chi connectivity index (χ0n) is 14.2. The van der Waals surface area contributed by atoms with E-state index < -0.39 is 5.91 Å². The van der Waals surface area contributed by atoms with E-state index in [0.29, 0.717) is 23.0 Å². The number of benzene rings is 1. The summed E-state index contributed by atoms with van der Waals surface area (Å²) in [5, 5.41) is 3.88. The highest BCUT2D eigenvalue weighted by molar-refractivity contribution is 6.31. The molecule has 1 atom stereocenters. The minimum Gasteiger partial charge on any atom is -0.366 e. The lowest BCUT2D eigenvalue weighted by Crippen LogP contribution is -2.20. The molecule has 132 valence electrons. The van der Waals surface area contributed by atoms with Crippen molar-refractivity contribution in [3.05, 3.63) is 71.3 Å². The van der Waals surface area contributed by atoms with Crippen LogP contribution in [0, 0.1) is 0 Å². The zero-order chi connectivity index (χ0) is 18.5. The molecule has 2 heterocycles. The van der Waals surface area contributed by atoms with E-state index in [9.17, 15) is 4.79 Å². The maximum atomic E-state index is 11.3. The predicted octanol–water partition coefficient (Wildman–Crippen LogP) is 3.33. The molecule has 7 heteroatoms. The predicted molar refractivity (Wildman–Crippen MR) is 102 cm³/mol. The summed E-state index contributed by atoms with van der Waals surface area (Å²) in [5.41, 5.74) is 8.24. The first-order chi connectivity index (χ1) is 12.5. The Morgan fingerprint density at radius 2 is 1.92 bits per heavy atom. The van der Waals surface area contributed by atoms with E-state index in [2.05, 4.69) is 20.3 Å². The van der Waals surface area contributed by atoms with Crippen molar-refractivity contribution in [2.75, 3.05) is 5.32 Å². The monoisotopic (exact) mass is 367 g/mol. The van der Waals surface area contributed by atoms with Crippen molar-refractivity contribution < 1.29 is 4.79 Å². The molecule has 3 aromatic rings. The molecule has 3 N–H and O–H groups in total. The van der Waals surface area contributed by atoms with Crippen LogP contribution in [0.25, 0.3) is 11.1 Å². The summed E-state index contributed by atoms with van der Waals surface area (Å²) in [4.78, 5) is 24.3. The number of rotatable bonds is 6. The van der Waals surface area contributed by atoms with Crippen molar-refractivity contribution in [1.29, 1.82) is 0 Å². The topological polar surface area (TPSA) is 93.8 Å². The van der Waals surface area contributed by atoms with Gasteiger partial charge in [0.2, 0.25) is 11.9 Å². The number of amides is 1. The lowest BCUT2D eigenvalue weighted by atomic mass is 10.1. The van der Waals surface area contributed by atoms with Crippen molar-refractivity contribution >= 4 is 23.5 Å². The van der Waals surface area contributed by atoms with Gasteiger partial charge in [0.05, 0.1) is 10.7 Å². The van der Waals surface area contributed by atoms with E-state index in [1.807, 2.05) is 19.1 Å². The molecule has 0 bridgehead atoms. The number of halogens is 1. The van der Waals surface area contributed by atoms with Gasteiger partial charge in [-0.15, -0.1) is 0 Å². The molecule has 0 radical (unpaired) electrons. The van der Waals surface area contributed by atoms with Gasteiger partial charge in [-0.3, -0.25) is 9.78 Å². The van der Waals surface area contributed by atoms with Gasteiger partial charge in [-0.1, -0.05) is 23.7 Å². The van der Waals surface area contributed by atoms with Gasteiger partial charge in [-0.25, -0.2) is 9.97 Å². The van der Waals surface area contributed by atoms with Crippen LogP contribution < -0.4 is 11.1 Å². The molecule has 1 unspecified atom stereocenters. The quantitative estimate of drug-likeness (QED) is 0.696. The average molecular weight is 368 g/mol. The van der Waals surface area contributed by atoms with E-state index in [-0.39, 0.29) is 6.04 Å². The van der Waals surface area contributed by atoms with Crippen molar-refractivity contribution in [3.63, 3.8) is 0 Å². The maximum Gasteiger partial charge on any atom is 0.248 e. The van der Waals surface area contributed by atoms with Gasteiger partial charge < -0.3 is 11.1 Å². The normalized spacial score (nSPS) is 11.8. The van der Waals surface area contributed by atoms with E-state index >= 15 is 0 Å². The first-order valence-corrected chi connectivity index (χ1v) is 8.49. The second kappa shape index (κ2) is 7.93. The molecule has 0 aliphatic rings. The Hall–Kier alpha value is -2.99. The van der Waals surface area contributed by atoms with Gasteiger partial charge >= 0.3 is 0 Å². The summed E-state index contributed by atoms with van der Waals surface area (Å²) in [6.45, 7) is 2.01. The van der Waals surface area contributed by atoms with Crippen LogP contribution >= 0.6 is 11.6 Å². The van der Waals surface area contributed by atoms with Crippen LogP contribution in [0.15, 0.2) is 55.0 Å². The molecule has 1 aromatic carbocycles. The second-order valence-electron chi connectivity index (χ2n) is 5.92. The van der Waals surface area contributed by atoms with E-state index in [1.54, 1.807) is 42.9 Å². The molecule has 0 aliphatic carbocycles. The SMILES string of the molecule is CC(Cc1ncccc1Cl)Nc1ncc(-c2cccc(C(N)=O)c2)cn1. The van der Waals surface area contributed by atoms with Gasteiger partial charge in [0.1, 0.15) is 0 Å². The molecule has 2 aromatic heterocycles. The molecule has 0 saturated heterocycles. The summed E-state index contributed by atoms with van der Waals surface area (Å²) in [6.07, 6.45) is 5.79. The van der Waals surface area contributed by atoms with Crippen LogP contribution in [0.4, 0.5) is 5.95 Å². The number of primary amides is 1. The standard InChI is InChI=1S/C19H18ClN5O/c1-12(8-17-16(20)6-3-7-22-17)25-19-23-10-15(11-24-19)13-4-2-5-14(9-13)18(21)26/h2-7,9-12H,8H2,1H3,(H2,21,26)(H,23,24,25). The number of carbonyl (C=O) groups excluding carboxylic acids is 1. The van der Waals surface area contributed by atoms with Crippen molar-refractivity contribution in [2.45, 2.75) is 19.4 Å². The Labute approximate surface area is 156 Å². The largest absolute Gasteiger partial charge is 0.366 e. The Morgan fingerprint density at radius 3 is 2.62 bits per heavy atom. The molecular formula is C19H18ClN5O. The number of anilines is 1. The molecule has 0 aliphatic heterocycles. The lowest BCUT2D eigenvalue weighted by molar-refractivity contribution is 0.100. The molecule has 6 nitrogen and oxygen atoms in total. The maximum absolute atomic E-state index is 11.3. The highest BCUT2D eigenvalue weighted by Gasteiger charge is 2.10. The average Bonchev–Trinajstić information content (AvgIpc) is 2.64. The summed E-state index contributed by atoms with van der Waals surface area (Å²) >= 11 is 6.14. The van der Waals surface area contributed by atoms with Crippen molar-refractivity contribution in [3.8, 4) is 11.1 Å². The lowest BCUT2D eigenvalue weighted by Gasteiger charge is -2.14. The third-order valence-electron chi connectivity index (χ3n) is 3.84. The van der Waals surface area contributed by atoms with Gasteiger partial charge in [0, 0.05) is 42.2 Å². The van der Waals surface area contributed by atoms with Crippen molar-refractivity contribution in [1.82, 2.24) is 15.0 Å². The number of pyridine rings is 1. The van der Waals surface area contributed by atoms with Crippen LogP contribution in [0.2, 0.25) is 5.02 Å². The molecule has 1 amide bonds. The van der Waals surface area contributed by atoms with Crippen LogP contribution in [-0.4, -0.2) is 26.9 Å². The number of carbonyl (C=O) groups is 1. The zero-order valence-corrected chi connectivity index (χ0v) is 14.9. The number of hydrogen-bond acceptors (Lipinski definition) is 5. The number of hydrogen-bond donors (Lipinski definition) is 2. The third kappa shape index (κ3) is 4.34. The van der Waals surface area contributed by atoms with Crippen molar-refractivity contribution in [2.24, 2.45) is 5.73 Å². The van der Waals surface area contributed by atoms with Crippen LogP contribution in [-0.2, 0) is 6.42 Å². The second-order valence-corrected chi connectivity index (χ2v) is 6.33. The summed E-state index contributed by atoms with van der Waals surface area (Å²) in [5.74, 6) is 0.0485. The number of aromatic nitrogens is 3. The fourth-order valence-electron chi connectivity index (χ4n) is 2.53. The number of nitrogens with two attached hydrogens (primary N) is 1. The summed E-state index contributed by atoms with van der Waals surface area (Å²) < 4.78 is 0. The fraction of sp³-hybridized carbons (Fsp3) is 0.158. The number of nitrogens with one attached hydrogen (secondary N) is 1. The van der Waals surface area contributed by atoms with E-state index in [0.717, 1.165) is 16.8 Å². The highest BCUT2D eigenvalue weighted by atomic mass is 35.5. The minimum absolute atomic E-state index is 0.0615. The van der Waals surface area contributed by atoms with Gasteiger partial charge in [0.15, 0.2) is 0 Å². The molecule has 26 heavy (non-hydrogen) atoms. The Morgan fingerprint density at radius 1 is 1.15 bits per heavy atom. The van der Waals surface area contributed by atoms with Gasteiger partial charge in [-0.05, 0) is 36.8 Å². The molecular weight excluding hydrogens is 350 g/mol. The molecule has 0 spiro atoms. The Kier molecular flexibility index (Phi) is 5.43. The Bertz CT molecular complexity index is 914. The Balaban J connectivity index is 1.69. The third-order valence-corrected chi connectivity index (χ3v) is 4.19. The molecule has 0 saturated carbocycles. The smallest absolute Gasteiger partial charge is 0.248 e. The summed E-state index contributed by atoms with van der Waals surface area (Å²) in [7, 11) is 0. The summed E-state index contributed by atoms with van der Waals surface area (Å²) in [6, 6.07) is 10.7. The van der Waals surface area contributed by atoms with Crippen LogP contribution in [0.5, 0.6) is 0 Å². The molecule has 0 fully saturated rings. The fourth-order valence-corrected chi connectivity index (χ4v) is 2.73. The first kappa shape index (κ1) is 17.8. The molecule has 3 rings (SSSR count). The first-order valence-electron chi connectivity index (χ1n) is 8.11. The van der Waals surface area contributed by atoms with Crippen LogP contribution in [0.3, 0.4) is 0 Å². The highest BCUT2D eigenvalue weighted by Crippen LogP contribution is 2.20. The minimum atomic E-state index is -0.465. The van der Waals surface area contributed by atoms with Crippen LogP contribution in [0.1, 0.15) is 23.0 Å².